The summed E-state index contributed by atoms with van der Waals surface area (Å²) in [5.74, 6) is 1.43. The molecular formula is C12H20N8OS. The van der Waals surface area contributed by atoms with Gasteiger partial charge in [-0.25, -0.2) is 9.48 Å². The summed E-state index contributed by atoms with van der Waals surface area (Å²) < 4.78 is 3.28. The Kier molecular flexibility index (Phi) is 5.36. The van der Waals surface area contributed by atoms with E-state index in [2.05, 4.69) is 31.3 Å². The van der Waals surface area contributed by atoms with E-state index in [0.717, 1.165) is 28.7 Å². The van der Waals surface area contributed by atoms with Crippen LogP contribution in [0.5, 0.6) is 0 Å². The molecule has 0 saturated heterocycles. The molecule has 0 fully saturated rings. The zero-order valence-electron chi connectivity index (χ0n) is 13.1. The topological polar surface area (TPSA) is 103 Å². The number of carbonyl (C=O) groups is 1. The van der Waals surface area contributed by atoms with Crippen molar-refractivity contribution in [2.75, 3.05) is 17.6 Å². The third-order valence-electron chi connectivity index (χ3n) is 3.13. The summed E-state index contributed by atoms with van der Waals surface area (Å²) in [7, 11) is 3.60. The average Bonchev–Trinajstić information content (AvgIpc) is 2.99. The van der Waals surface area contributed by atoms with Gasteiger partial charge in [-0.05, 0) is 23.8 Å². The monoisotopic (exact) mass is 324 g/mol. The molecule has 2 rings (SSSR count). The van der Waals surface area contributed by atoms with Gasteiger partial charge in [0.05, 0.1) is 5.69 Å². The fourth-order valence-electron chi connectivity index (χ4n) is 2.08. The van der Waals surface area contributed by atoms with Gasteiger partial charge in [-0.15, -0.1) is 5.10 Å². The SMILES string of the molecule is CCc1c(C)nn(C)c1NC(=O)NCCSc1nnnn1C. The van der Waals surface area contributed by atoms with Crippen LogP contribution in [0.15, 0.2) is 5.16 Å². The van der Waals surface area contributed by atoms with Crippen molar-refractivity contribution in [2.45, 2.75) is 25.4 Å². The summed E-state index contributed by atoms with van der Waals surface area (Å²) in [6, 6.07) is -0.241. The number of hydrogen-bond acceptors (Lipinski definition) is 6. The predicted molar refractivity (Wildman–Crippen MR) is 83.9 cm³/mol. The highest BCUT2D eigenvalue weighted by Crippen LogP contribution is 2.18. The normalized spacial score (nSPS) is 10.7. The van der Waals surface area contributed by atoms with E-state index in [1.807, 2.05) is 20.9 Å². The van der Waals surface area contributed by atoms with E-state index in [1.54, 1.807) is 16.4 Å². The van der Waals surface area contributed by atoms with Crippen LogP contribution in [0.25, 0.3) is 0 Å². The van der Waals surface area contributed by atoms with Crippen LogP contribution >= 0.6 is 11.8 Å². The molecule has 0 aliphatic heterocycles. The third-order valence-corrected chi connectivity index (χ3v) is 4.14. The molecule has 2 heterocycles. The summed E-state index contributed by atoms with van der Waals surface area (Å²) in [5, 5.41) is 21.9. The minimum absolute atomic E-state index is 0.241. The number of aryl methyl sites for hydroxylation is 3. The van der Waals surface area contributed by atoms with Crippen molar-refractivity contribution in [3.63, 3.8) is 0 Å². The van der Waals surface area contributed by atoms with Crippen molar-refractivity contribution >= 4 is 23.6 Å². The molecule has 0 radical (unpaired) electrons. The van der Waals surface area contributed by atoms with Crippen LogP contribution in [0.3, 0.4) is 0 Å². The van der Waals surface area contributed by atoms with Gasteiger partial charge in [-0.3, -0.25) is 10.00 Å². The molecule has 22 heavy (non-hydrogen) atoms. The maximum Gasteiger partial charge on any atom is 0.320 e. The van der Waals surface area contributed by atoms with E-state index in [0.29, 0.717) is 12.3 Å². The number of rotatable bonds is 6. The predicted octanol–water partition coefficient (Wildman–Crippen LogP) is 0.728. The first kappa shape index (κ1) is 16.3. The van der Waals surface area contributed by atoms with Gasteiger partial charge in [-0.2, -0.15) is 5.10 Å². The molecule has 9 nitrogen and oxygen atoms in total. The summed E-state index contributed by atoms with van der Waals surface area (Å²) in [6.07, 6.45) is 0.824. The van der Waals surface area contributed by atoms with E-state index in [9.17, 15) is 4.79 Å². The second-order valence-corrected chi connectivity index (χ2v) is 5.77. The molecule has 2 amide bonds. The molecule has 2 N–H and O–H groups in total. The molecule has 0 aliphatic rings. The number of amides is 2. The second-order valence-electron chi connectivity index (χ2n) is 4.70. The Labute approximate surface area is 132 Å². The fraction of sp³-hybridized carbons (Fsp3) is 0.583. The first-order valence-electron chi connectivity index (χ1n) is 6.95. The van der Waals surface area contributed by atoms with Crippen molar-refractivity contribution in [3.05, 3.63) is 11.3 Å². The molecular weight excluding hydrogens is 304 g/mol. The molecule has 120 valence electrons. The number of anilines is 1. The van der Waals surface area contributed by atoms with E-state index in [-0.39, 0.29) is 6.03 Å². The average molecular weight is 324 g/mol. The lowest BCUT2D eigenvalue weighted by Gasteiger charge is -2.09. The highest BCUT2D eigenvalue weighted by atomic mass is 32.2. The van der Waals surface area contributed by atoms with Crippen molar-refractivity contribution in [2.24, 2.45) is 14.1 Å². The number of hydrogen-bond donors (Lipinski definition) is 2. The Morgan fingerprint density at radius 1 is 1.32 bits per heavy atom. The van der Waals surface area contributed by atoms with Crippen LogP contribution in [-0.2, 0) is 20.5 Å². The molecule has 2 aromatic heterocycles. The van der Waals surface area contributed by atoms with E-state index >= 15 is 0 Å². The number of thioether (sulfide) groups is 1. The summed E-state index contributed by atoms with van der Waals surface area (Å²) in [4.78, 5) is 12.0. The van der Waals surface area contributed by atoms with E-state index in [4.69, 9.17) is 0 Å². The molecule has 0 bridgehead atoms. The van der Waals surface area contributed by atoms with Gasteiger partial charge >= 0.3 is 6.03 Å². The van der Waals surface area contributed by atoms with Gasteiger partial charge in [-0.1, -0.05) is 18.7 Å². The molecule has 0 spiro atoms. The van der Waals surface area contributed by atoms with Gasteiger partial charge in [0.1, 0.15) is 5.82 Å². The number of nitrogens with one attached hydrogen (secondary N) is 2. The quantitative estimate of drug-likeness (QED) is 0.600. The van der Waals surface area contributed by atoms with Gasteiger partial charge in [0.15, 0.2) is 0 Å². The zero-order chi connectivity index (χ0) is 16.1. The van der Waals surface area contributed by atoms with Crippen molar-refractivity contribution in [1.82, 2.24) is 35.3 Å². The molecule has 2 aromatic rings. The zero-order valence-corrected chi connectivity index (χ0v) is 13.9. The number of nitrogens with zero attached hydrogens (tertiary/aromatic N) is 6. The third kappa shape index (κ3) is 3.75. The van der Waals surface area contributed by atoms with Gasteiger partial charge in [0, 0.05) is 32.0 Å². The van der Waals surface area contributed by atoms with Gasteiger partial charge < -0.3 is 5.32 Å². The van der Waals surface area contributed by atoms with Crippen LogP contribution in [-0.4, -0.2) is 48.3 Å². The Bertz CT molecular complexity index is 650. The molecule has 0 unspecified atom stereocenters. The van der Waals surface area contributed by atoms with Crippen LogP contribution in [0.4, 0.5) is 10.6 Å². The molecule has 0 aromatic carbocycles. The minimum atomic E-state index is -0.241. The van der Waals surface area contributed by atoms with Crippen molar-refractivity contribution in [3.8, 4) is 0 Å². The van der Waals surface area contributed by atoms with Gasteiger partial charge in [0.25, 0.3) is 0 Å². The van der Waals surface area contributed by atoms with Gasteiger partial charge in [0.2, 0.25) is 5.16 Å². The first-order chi connectivity index (χ1) is 10.5. The summed E-state index contributed by atoms with van der Waals surface area (Å²) in [6.45, 7) is 4.49. The minimum Gasteiger partial charge on any atom is -0.337 e. The summed E-state index contributed by atoms with van der Waals surface area (Å²) in [5.41, 5.74) is 1.99. The number of urea groups is 1. The highest BCUT2D eigenvalue weighted by molar-refractivity contribution is 7.99. The number of tetrazole rings is 1. The Hall–Kier alpha value is -2.10. The first-order valence-corrected chi connectivity index (χ1v) is 7.94. The largest absolute Gasteiger partial charge is 0.337 e. The lowest BCUT2D eigenvalue weighted by molar-refractivity contribution is 0.252. The Morgan fingerprint density at radius 2 is 2.09 bits per heavy atom. The van der Waals surface area contributed by atoms with Crippen molar-refractivity contribution in [1.29, 1.82) is 0 Å². The van der Waals surface area contributed by atoms with E-state index < -0.39 is 0 Å². The summed E-state index contributed by atoms with van der Waals surface area (Å²) >= 11 is 1.48. The standard InChI is InChI=1S/C12H20N8OS/c1-5-9-8(2)16-19(3)10(9)14-11(21)13-6-7-22-12-15-17-18-20(12)4/h5-7H2,1-4H3,(H2,13,14,21). The maximum atomic E-state index is 12.0. The highest BCUT2D eigenvalue weighted by Gasteiger charge is 2.13. The maximum absolute atomic E-state index is 12.0. The smallest absolute Gasteiger partial charge is 0.320 e. The Balaban J connectivity index is 1.80. The van der Waals surface area contributed by atoms with Crippen LogP contribution in [0.2, 0.25) is 0 Å². The molecule has 0 aliphatic carbocycles. The van der Waals surface area contributed by atoms with Crippen LogP contribution in [0, 0.1) is 6.92 Å². The number of carbonyl (C=O) groups excluding carboxylic acids is 1. The van der Waals surface area contributed by atoms with E-state index in [1.165, 1.54) is 11.8 Å². The molecule has 0 atom stereocenters. The fourth-order valence-corrected chi connectivity index (χ4v) is 2.79. The molecule has 10 heteroatoms. The molecule has 0 saturated carbocycles. The number of aromatic nitrogens is 6. The Morgan fingerprint density at radius 3 is 2.73 bits per heavy atom. The lowest BCUT2D eigenvalue weighted by atomic mass is 10.2. The van der Waals surface area contributed by atoms with Crippen LogP contribution < -0.4 is 10.6 Å². The van der Waals surface area contributed by atoms with Crippen LogP contribution in [0.1, 0.15) is 18.2 Å². The van der Waals surface area contributed by atoms with Crippen molar-refractivity contribution < 1.29 is 4.79 Å². The second kappa shape index (κ2) is 7.25. The lowest BCUT2D eigenvalue weighted by Crippen LogP contribution is -2.31.